The van der Waals surface area contributed by atoms with Gasteiger partial charge in [-0.05, 0) is 36.1 Å². The Bertz CT molecular complexity index is 1330. The van der Waals surface area contributed by atoms with Crippen molar-refractivity contribution in [2.24, 2.45) is 7.05 Å². The Morgan fingerprint density at radius 1 is 0.943 bits per heavy atom. The van der Waals surface area contributed by atoms with Crippen molar-refractivity contribution in [1.29, 1.82) is 0 Å². The number of ether oxygens (including phenoxy) is 1. The molecule has 4 aromatic rings. The standard InChI is InChI=1S/C28H27N3O4/c1-18-26(29-28(34)35-19(2)21-7-5-4-6-8-21)27(31(3)30-18)24-15-13-23(14-16-24)22-11-9-20(10-12-22)17-25(32)33/h4-16,19H,17H2,1-3H3,(H,29,34)(H,32,33). The van der Waals surface area contributed by atoms with Gasteiger partial charge in [-0.2, -0.15) is 5.10 Å². The molecule has 0 aliphatic heterocycles. The van der Waals surface area contributed by atoms with Crippen LogP contribution in [0, 0.1) is 6.92 Å². The Morgan fingerprint density at radius 3 is 2.11 bits per heavy atom. The number of aryl methyl sites for hydroxylation is 2. The van der Waals surface area contributed by atoms with Crippen LogP contribution in [0.2, 0.25) is 0 Å². The second kappa shape index (κ2) is 10.3. The average Bonchev–Trinajstić information content (AvgIpc) is 3.12. The lowest BCUT2D eigenvalue weighted by Crippen LogP contribution is -2.16. The molecule has 0 aliphatic rings. The summed E-state index contributed by atoms with van der Waals surface area (Å²) in [6, 6.07) is 25.0. The zero-order chi connectivity index (χ0) is 24.9. The van der Waals surface area contributed by atoms with E-state index in [1.807, 2.05) is 99.8 Å². The van der Waals surface area contributed by atoms with Gasteiger partial charge < -0.3 is 9.84 Å². The highest BCUT2D eigenvalue weighted by atomic mass is 16.6. The molecule has 7 heteroatoms. The summed E-state index contributed by atoms with van der Waals surface area (Å²) in [5.41, 5.74) is 6.61. The number of nitrogens with zero attached hydrogens (tertiary/aromatic N) is 2. The van der Waals surface area contributed by atoms with E-state index in [2.05, 4.69) is 10.4 Å². The van der Waals surface area contributed by atoms with Gasteiger partial charge in [-0.15, -0.1) is 0 Å². The molecule has 0 spiro atoms. The van der Waals surface area contributed by atoms with Crippen LogP contribution in [0.3, 0.4) is 0 Å². The monoisotopic (exact) mass is 469 g/mol. The molecule has 1 amide bonds. The quantitative estimate of drug-likeness (QED) is 0.346. The normalized spacial score (nSPS) is 11.6. The third kappa shape index (κ3) is 5.58. The molecule has 0 bridgehead atoms. The molecular weight excluding hydrogens is 442 g/mol. The molecule has 1 aromatic heterocycles. The van der Waals surface area contributed by atoms with Gasteiger partial charge in [-0.25, -0.2) is 4.79 Å². The fourth-order valence-electron chi connectivity index (χ4n) is 4.03. The van der Waals surface area contributed by atoms with Crippen molar-refractivity contribution >= 4 is 17.7 Å². The third-order valence-electron chi connectivity index (χ3n) is 5.80. The highest BCUT2D eigenvalue weighted by Gasteiger charge is 2.20. The average molecular weight is 470 g/mol. The fourth-order valence-corrected chi connectivity index (χ4v) is 4.03. The molecule has 0 saturated heterocycles. The predicted octanol–water partition coefficient (Wildman–Crippen LogP) is 6.00. The number of hydrogen-bond acceptors (Lipinski definition) is 4. The summed E-state index contributed by atoms with van der Waals surface area (Å²) in [6.45, 7) is 3.67. The van der Waals surface area contributed by atoms with Gasteiger partial charge in [0.05, 0.1) is 23.5 Å². The van der Waals surface area contributed by atoms with Crippen molar-refractivity contribution in [3.8, 4) is 22.4 Å². The Kier molecular flexibility index (Phi) is 6.96. The van der Waals surface area contributed by atoms with E-state index in [1.165, 1.54) is 0 Å². The first-order valence-corrected chi connectivity index (χ1v) is 11.3. The minimum atomic E-state index is -0.851. The minimum absolute atomic E-state index is 0.00139. The third-order valence-corrected chi connectivity index (χ3v) is 5.80. The first kappa shape index (κ1) is 23.8. The number of nitrogens with one attached hydrogen (secondary N) is 1. The Balaban J connectivity index is 1.52. The number of hydrogen-bond donors (Lipinski definition) is 2. The minimum Gasteiger partial charge on any atom is -0.481 e. The van der Waals surface area contributed by atoms with Gasteiger partial charge >= 0.3 is 12.1 Å². The van der Waals surface area contributed by atoms with Crippen LogP contribution in [-0.4, -0.2) is 26.9 Å². The second-order valence-corrected chi connectivity index (χ2v) is 8.36. The summed E-state index contributed by atoms with van der Waals surface area (Å²) in [5, 5.41) is 16.3. The number of carbonyl (C=O) groups excluding carboxylic acids is 1. The van der Waals surface area contributed by atoms with Crippen molar-refractivity contribution in [1.82, 2.24) is 9.78 Å². The predicted molar refractivity (Wildman–Crippen MR) is 135 cm³/mol. The van der Waals surface area contributed by atoms with Crippen LogP contribution in [0.5, 0.6) is 0 Å². The molecule has 1 unspecified atom stereocenters. The van der Waals surface area contributed by atoms with Gasteiger partial charge in [0.25, 0.3) is 0 Å². The highest BCUT2D eigenvalue weighted by molar-refractivity contribution is 5.92. The van der Waals surface area contributed by atoms with E-state index in [1.54, 1.807) is 4.68 Å². The summed E-state index contributed by atoms with van der Waals surface area (Å²) in [5.74, 6) is -0.851. The van der Waals surface area contributed by atoms with Crippen LogP contribution < -0.4 is 5.32 Å². The summed E-state index contributed by atoms with van der Waals surface area (Å²) < 4.78 is 7.32. The number of anilines is 1. The molecule has 178 valence electrons. The smallest absolute Gasteiger partial charge is 0.412 e. The molecule has 35 heavy (non-hydrogen) atoms. The van der Waals surface area contributed by atoms with E-state index < -0.39 is 18.2 Å². The summed E-state index contributed by atoms with van der Waals surface area (Å²) in [7, 11) is 1.83. The van der Waals surface area contributed by atoms with E-state index in [0.717, 1.165) is 33.5 Å². The number of amides is 1. The van der Waals surface area contributed by atoms with E-state index in [9.17, 15) is 9.59 Å². The van der Waals surface area contributed by atoms with Gasteiger partial charge in [-0.3, -0.25) is 14.8 Å². The molecule has 7 nitrogen and oxygen atoms in total. The lowest BCUT2D eigenvalue weighted by atomic mass is 10.0. The van der Waals surface area contributed by atoms with E-state index in [0.29, 0.717) is 11.4 Å². The molecule has 1 heterocycles. The Hall–Kier alpha value is -4.39. The van der Waals surface area contributed by atoms with Crippen LogP contribution in [-0.2, 0) is 23.0 Å². The molecule has 3 aromatic carbocycles. The summed E-state index contributed by atoms with van der Waals surface area (Å²) in [4.78, 5) is 23.6. The lowest BCUT2D eigenvalue weighted by Gasteiger charge is -2.15. The van der Waals surface area contributed by atoms with Crippen molar-refractivity contribution in [2.75, 3.05) is 5.32 Å². The number of aromatic nitrogens is 2. The van der Waals surface area contributed by atoms with E-state index in [-0.39, 0.29) is 6.42 Å². The molecule has 4 rings (SSSR count). The van der Waals surface area contributed by atoms with Crippen LogP contribution >= 0.6 is 0 Å². The maximum Gasteiger partial charge on any atom is 0.412 e. The van der Waals surface area contributed by atoms with Crippen LogP contribution in [0.4, 0.5) is 10.5 Å². The molecule has 0 radical (unpaired) electrons. The van der Waals surface area contributed by atoms with Crippen molar-refractivity contribution in [3.63, 3.8) is 0 Å². The number of aliphatic carboxylic acids is 1. The molecule has 2 N–H and O–H groups in total. The van der Waals surface area contributed by atoms with Crippen molar-refractivity contribution in [2.45, 2.75) is 26.4 Å². The topological polar surface area (TPSA) is 93.5 Å². The number of carbonyl (C=O) groups is 2. The van der Waals surface area contributed by atoms with Crippen molar-refractivity contribution < 1.29 is 19.4 Å². The van der Waals surface area contributed by atoms with Gasteiger partial charge in [-0.1, -0.05) is 78.9 Å². The first-order valence-electron chi connectivity index (χ1n) is 11.3. The van der Waals surface area contributed by atoms with Crippen molar-refractivity contribution in [3.05, 3.63) is 95.7 Å². The Labute approximate surface area is 204 Å². The van der Waals surface area contributed by atoms with Crippen LogP contribution in [0.25, 0.3) is 22.4 Å². The second-order valence-electron chi connectivity index (χ2n) is 8.36. The number of benzene rings is 3. The maximum absolute atomic E-state index is 12.7. The zero-order valence-corrected chi connectivity index (χ0v) is 19.9. The molecule has 1 atom stereocenters. The Morgan fingerprint density at radius 2 is 1.51 bits per heavy atom. The zero-order valence-electron chi connectivity index (χ0n) is 19.9. The maximum atomic E-state index is 12.7. The fraction of sp³-hybridized carbons (Fsp3) is 0.179. The molecular formula is C28H27N3O4. The largest absolute Gasteiger partial charge is 0.481 e. The first-order chi connectivity index (χ1) is 16.8. The number of carboxylic acid groups (broad SMARTS) is 1. The van der Waals surface area contributed by atoms with Gasteiger partial charge in [0, 0.05) is 12.6 Å². The molecule has 0 saturated carbocycles. The SMILES string of the molecule is Cc1nn(C)c(-c2ccc(-c3ccc(CC(=O)O)cc3)cc2)c1NC(=O)OC(C)c1ccccc1. The van der Waals surface area contributed by atoms with E-state index >= 15 is 0 Å². The van der Waals surface area contributed by atoms with Crippen LogP contribution in [0.15, 0.2) is 78.9 Å². The lowest BCUT2D eigenvalue weighted by molar-refractivity contribution is -0.136. The molecule has 0 fully saturated rings. The van der Waals surface area contributed by atoms with Gasteiger partial charge in [0.15, 0.2) is 0 Å². The summed E-state index contributed by atoms with van der Waals surface area (Å²) >= 11 is 0. The molecule has 0 aliphatic carbocycles. The van der Waals surface area contributed by atoms with Gasteiger partial charge in [0.2, 0.25) is 0 Å². The van der Waals surface area contributed by atoms with Gasteiger partial charge in [0.1, 0.15) is 6.10 Å². The van der Waals surface area contributed by atoms with E-state index in [4.69, 9.17) is 9.84 Å². The number of carboxylic acids is 1. The summed E-state index contributed by atoms with van der Waals surface area (Å²) in [6.07, 6.45) is -0.934. The highest BCUT2D eigenvalue weighted by Crippen LogP contribution is 2.32. The van der Waals surface area contributed by atoms with Crippen LogP contribution in [0.1, 0.15) is 29.8 Å². The number of rotatable bonds is 7.